The highest BCUT2D eigenvalue weighted by Crippen LogP contribution is 2.31. The molecule has 5 nitrogen and oxygen atoms in total. The molecule has 0 unspecified atom stereocenters. The zero-order valence-corrected chi connectivity index (χ0v) is 16.6. The van der Waals surface area contributed by atoms with Crippen molar-refractivity contribution in [3.63, 3.8) is 0 Å². The molecule has 1 amide bonds. The molecule has 1 aliphatic heterocycles. The molecule has 7 heteroatoms. The van der Waals surface area contributed by atoms with E-state index in [-0.39, 0.29) is 21.4 Å². The van der Waals surface area contributed by atoms with Gasteiger partial charge in [0.1, 0.15) is 0 Å². The van der Waals surface area contributed by atoms with Crippen molar-refractivity contribution >= 4 is 33.2 Å². The van der Waals surface area contributed by atoms with Crippen LogP contribution in [0.1, 0.15) is 27.9 Å². The van der Waals surface area contributed by atoms with Gasteiger partial charge in [0, 0.05) is 26.3 Å². The second-order valence-corrected chi connectivity index (χ2v) is 9.18. The third-order valence-electron chi connectivity index (χ3n) is 4.55. The largest absolute Gasteiger partial charge is 0.308 e. The predicted octanol–water partition coefficient (Wildman–Crippen LogP) is 3.49. The number of benzene rings is 2. The number of amides is 1. The van der Waals surface area contributed by atoms with Gasteiger partial charge in [0.2, 0.25) is 10.0 Å². The average molecular weight is 393 g/mol. The standard InChI is InChI=1S/C19H21ClN2O3S/c1-13-6-9-18-14(11-13)5-4-10-22(18)19(23)16-12-15(7-8-17(16)20)26(24,25)21(2)3/h6-9,11-12H,4-5,10H2,1-3H3. The Kier molecular flexibility index (Phi) is 5.10. The first-order valence-electron chi connectivity index (χ1n) is 8.35. The fraction of sp³-hybridized carbons (Fsp3) is 0.316. The van der Waals surface area contributed by atoms with E-state index in [1.165, 1.54) is 32.3 Å². The summed E-state index contributed by atoms with van der Waals surface area (Å²) in [5.41, 5.74) is 3.33. The lowest BCUT2D eigenvalue weighted by atomic mass is 9.99. The molecule has 26 heavy (non-hydrogen) atoms. The van der Waals surface area contributed by atoms with E-state index in [0.29, 0.717) is 6.54 Å². The maximum Gasteiger partial charge on any atom is 0.259 e. The Bertz CT molecular complexity index is 971. The van der Waals surface area contributed by atoms with Crippen LogP contribution in [0.3, 0.4) is 0 Å². The number of anilines is 1. The van der Waals surface area contributed by atoms with Crippen LogP contribution in [0.5, 0.6) is 0 Å². The molecule has 0 fully saturated rings. The van der Waals surface area contributed by atoms with Gasteiger partial charge in [-0.05, 0) is 49.6 Å². The molecule has 0 atom stereocenters. The summed E-state index contributed by atoms with van der Waals surface area (Å²) < 4.78 is 25.9. The molecule has 138 valence electrons. The topological polar surface area (TPSA) is 57.7 Å². The van der Waals surface area contributed by atoms with Crippen molar-refractivity contribution in [3.8, 4) is 0 Å². The van der Waals surface area contributed by atoms with Crippen LogP contribution in [0.25, 0.3) is 0 Å². The van der Waals surface area contributed by atoms with Crippen molar-refractivity contribution < 1.29 is 13.2 Å². The molecule has 0 saturated heterocycles. The Labute approximate surface area is 159 Å². The van der Waals surface area contributed by atoms with Gasteiger partial charge in [-0.2, -0.15) is 0 Å². The van der Waals surface area contributed by atoms with Gasteiger partial charge in [-0.25, -0.2) is 12.7 Å². The van der Waals surface area contributed by atoms with E-state index in [9.17, 15) is 13.2 Å². The Morgan fingerprint density at radius 2 is 1.88 bits per heavy atom. The lowest BCUT2D eigenvalue weighted by Gasteiger charge is -2.30. The van der Waals surface area contributed by atoms with Gasteiger partial charge >= 0.3 is 0 Å². The van der Waals surface area contributed by atoms with E-state index in [2.05, 4.69) is 6.07 Å². The number of hydrogen-bond donors (Lipinski definition) is 0. The molecule has 2 aromatic rings. The van der Waals surface area contributed by atoms with Gasteiger partial charge in [-0.15, -0.1) is 0 Å². The minimum absolute atomic E-state index is 0.0522. The summed E-state index contributed by atoms with van der Waals surface area (Å²) in [6, 6.07) is 10.2. The number of carbonyl (C=O) groups excluding carboxylic acids is 1. The molecule has 1 heterocycles. The molecular formula is C19H21ClN2O3S. The van der Waals surface area contributed by atoms with Crippen molar-refractivity contribution in [2.75, 3.05) is 25.5 Å². The fourth-order valence-electron chi connectivity index (χ4n) is 3.12. The third kappa shape index (κ3) is 3.37. The van der Waals surface area contributed by atoms with Crippen LogP contribution in [-0.4, -0.2) is 39.3 Å². The Morgan fingerprint density at radius 1 is 1.15 bits per heavy atom. The highest BCUT2D eigenvalue weighted by molar-refractivity contribution is 7.89. The summed E-state index contributed by atoms with van der Waals surface area (Å²) in [5, 5.41) is 0.243. The predicted molar refractivity (Wildman–Crippen MR) is 104 cm³/mol. The zero-order valence-electron chi connectivity index (χ0n) is 15.0. The highest BCUT2D eigenvalue weighted by Gasteiger charge is 2.27. The van der Waals surface area contributed by atoms with Gasteiger partial charge in [0.15, 0.2) is 0 Å². The molecule has 0 aliphatic carbocycles. The highest BCUT2D eigenvalue weighted by atomic mass is 35.5. The van der Waals surface area contributed by atoms with Crippen LogP contribution in [0, 0.1) is 6.92 Å². The molecule has 2 aromatic carbocycles. The summed E-state index contributed by atoms with van der Waals surface area (Å²) >= 11 is 6.24. The molecule has 3 rings (SSSR count). The fourth-order valence-corrected chi connectivity index (χ4v) is 4.25. The van der Waals surface area contributed by atoms with E-state index in [0.717, 1.165) is 34.0 Å². The number of sulfonamides is 1. The first kappa shape index (κ1) is 18.9. The normalized spacial score (nSPS) is 14.4. The van der Waals surface area contributed by atoms with Crippen molar-refractivity contribution in [3.05, 3.63) is 58.1 Å². The van der Waals surface area contributed by atoms with Crippen LogP contribution in [0.15, 0.2) is 41.3 Å². The number of carbonyl (C=O) groups is 1. The maximum absolute atomic E-state index is 13.2. The first-order chi connectivity index (χ1) is 12.2. The Hall–Kier alpha value is -1.89. The number of hydrogen-bond acceptors (Lipinski definition) is 3. The van der Waals surface area contributed by atoms with Gasteiger partial charge in [0.05, 0.1) is 15.5 Å². The first-order valence-corrected chi connectivity index (χ1v) is 10.2. The third-order valence-corrected chi connectivity index (χ3v) is 6.69. The number of fused-ring (bicyclic) bond motifs is 1. The van der Waals surface area contributed by atoms with E-state index < -0.39 is 10.0 Å². The Balaban J connectivity index is 2.05. The average Bonchev–Trinajstić information content (AvgIpc) is 2.60. The minimum Gasteiger partial charge on any atom is -0.308 e. The number of halogens is 1. The molecule has 1 aliphatic rings. The van der Waals surface area contributed by atoms with Crippen molar-refractivity contribution in [1.29, 1.82) is 0 Å². The van der Waals surface area contributed by atoms with Crippen molar-refractivity contribution in [1.82, 2.24) is 4.31 Å². The van der Waals surface area contributed by atoms with Crippen LogP contribution < -0.4 is 4.90 Å². The molecule has 0 spiro atoms. The number of nitrogens with zero attached hydrogens (tertiary/aromatic N) is 2. The molecule has 0 bridgehead atoms. The van der Waals surface area contributed by atoms with Crippen LogP contribution in [0.2, 0.25) is 5.02 Å². The maximum atomic E-state index is 13.2. The van der Waals surface area contributed by atoms with Crippen LogP contribution in [-0.2, 0) is 16.4 Å². The van der Waals surface area contributed by atoms with Crippen LogP contribution in [0.4, 0.5) is 5.69 Å². The van der Waals surface area contributed by atoms with E-state index >= 15 is 0 Å². The van der Waals surface area contributed by atoms with Crippen LogP contribution >= 0.6 is 11.6 Å². The van der Waals surface area contributed by atoms with Crippen molar-refractivity contribution in [2.45, 2.75) is 24.7 Å². The summed E-state index contributed by atoms with van der Waals surface area (Å²) in [4.78, 5) is 14.9. The van der Waals surface area contributed by atoms with Gasteiger partial charge in [-0.1, -0.05) is 29.3 Å². The lowest BCUT2D eigenvalue weighted by Crippen LogP contribution is -2.35. The second kappa shape index (κ2) is 7.02. The SMILES string of the molecule is Cc1ccc2c(c1)CCCN2C(=O)c1cc(S(=O)(=O)N(C)C)ccc1Cl. The summed E-state index contributed by atoms with van der Waals surface area (Å²) in [5.74, 6) is -0.282. The molecular weight excluding hydrogens is 372 g/mol. The van der Waals surface area contributed by atoms with Gasteiger partial charge in [0.25, 0.3) is 5.91 Å². The Morgan fingerprint density at radius 3 is 2.58 bits per heavy atom. The monoisotopic (exact) mass is 392 g/mol. The van der Waals surface area contributed by atoms with Crippen molar-refractivity contribution in [2.24, 2.45) is 0 Å². The summed E-state index contributed by atoms with van der Waals surface area (Å²) in [6.45, 7) is 2.60. The van der Waals surface area contributed by atoms with E-state index in [1.54, 1.807) is 4.90 Å². The van der Waals surface area contributed by atoms with Gasteiger partial charge < -0.3 is 4.90 Å². The molecule has 0 radical (unpaired) electrons. The molecule has 0 aromatic heterocycles. The quantitative estimate of drug-likeness (QED) is 0.803. The van der Waals surface area contributed by atoms with Gasteiger partial charge in [-0.3, -0.25) is 4.79 Å². The van der Waals surface area contributed by atoms with E-state index in [1.807, 2.05) is 19.1 Å². The molecule has 0 saturated carbocycles. The second-order valence-electron chi connectivity index (χ2n) is 6.62. The number of aryl methyl sites for hydroxylation is 2. The minimum atomic E-state index is -3.64. The molecule has 0 N–H and O–H groups in total. The smallest absolute Gasteiger partial charge is 0.259 e. The lowest BCUT2D eigenvalue weighted by molar-refractivity contribution is 0.0985. The van der Waals surface area contributed by atoms with E-state index in [4.69, 9.17) is 11.6 Å². The summed E-state index contributed by atoms with van der Waals surface area (Å²) in [6.07, 6.45) is 1.78. The zero-order chi connectivity index (χ0) is 19.1. The number of rotatable bonds is 3. The summed E-state index contributed by atoms with van der Waals surface area (Å²) in [7, 11) is -0.737.